The summed E-state index contributed by atoms with van der Waals surface area (Å²) in [5, 5.41) is 3.11. The van der Waals surface area contributed by atoms with Crippen LogP contribution in [0.4, 0.5) is 0 Å². The summed E-state index contributed by atoms with van der Waals surface area (Å²) >= 11 is 0. The summed E-state index contributed by atoms with van der Waals surface area (Å²) in [4.78, 5) is 14.6. The number of piperidine rings is 1. The Morgan fingerprint density at radius 3 is 2.62 bits per heavy atom. The third-order valence-corrected chi connectivity index (χ3v) is 3.90. The van der Waals surface area contributed by atoms with Gasteiger partial charge >= 0.3 is 0 Å². The van der Waals surface area contributed by atoms with E-state index in [1.165, 1.54) is 6.42 Å². The molecular weight excluding hydrogens is 264 g/mol. The van der Waals surface area contributed by atoms with Crippen molar-refractivity contribution in [3.63, 3.8) is 0 Å². The lowest BCUT2D eigenvalue weighted by atomic mass is 10.0. The lowest BCUT2D eigenvalue weighted by molar-refractivity contribution is -0.128. The van der Waals surface area contributed by atoms with Gasteiger partial charge in [0.1, 0.15) is 5.75 Å². The second-order valence-electron chi connectivity index (χ2n) is 5.70. The van der Waals surface area contributed by atoms with Gasteiger partial charge < -0.3 is 15.0 Å². The van der Waals surface area contributed by atoms with Gasteiger partial charge in [-0.25, -0.2) is 0 Å². The number of hydrogen-bond acceptors (Lipinski definition) is 3. The molecule has 116 valence electrons. The number of rotatable bonds is 6. The highest BCUT2D eigenvalue weighted by Crippen LogP contribution is 2.13. The van der Waals surface area contributed by atoms with Crippen molar-refractivity contribution in [1.82, 2.24) is 10.2 Å². The topological polar surface area (TPSA) is 41.6 Å². The summed E-state index contributed by atoms with van der Waals surface area (Å²) in [5.41, 5.74) is 0. The number of nitrogens with zero attached hydrogens (tertiary/aromatic N) is 1. The van der Waals surface area contributed by atoms with Crippen LogP contribution < -0.4 is 10.1 Å². The molecule has 0 spiro atoms. The van der Waals surface area contributed by atoms with Gasteiger partial charge in [-0.05, 0) is 44.9 Å². The Balaban J connectivity index is 1.74. The van der Waals surface area contributed by atoms with E-state index in [4.69, 9.17) is 4.74 Å². The molecule has 1 saturated heterocycles. The lowest BCUT2D eigenvalue weighted by Gasteiger charge is -2.32. The molecule has 1 aliphatic rings. The van der Waals surface area contributed by atoms with E-state index in [0.717, 1.165) is 38.2 Å². The molecule has 0 saturated carbocycles. The Morgan fingerprint density at radius 1 is 1.33 bits per heavy atom. The SMILES string of the molecule is CCCN1CCC(NC(=O)C(C)Oc2ccccc2)CC1. The fourth-order valence-electron chi connectivity index (χ4n) is 2.69. The second kappa shape index (κ2) is 8.03. The van der Waals surface area contributed by atoms with Gasteiger partial charge in [0.15, 0.2) is 6.10 Å². The summed E-state index contributed by atoms with van der Waals surface area (Å²) < 4.78 is 5.65. The maximum absolute atomic E-state index is 12.2. The van der Waals surface area contributed by atoms with Gasteiger partial charge in [0.2, 0.25) is 0 Å². The molecule has 1 aromatic carbocycles. The van der Waals surface area contributed by atoms with Crippen LogP contribution in [0.3, 0.4) is 0 Å². The van der Waals surface area contributed by atoms with Gasteiger partial charge in [0.25, 0.3) is 5.91 Å². The van der Waals surface area contributed by atoms with Crippen LogP contribution in [0.1, 0.15) is 33.1 Å². The zero-order valence-electron chi connectivity index (χ0n) is 13.0. The molecule has 1 unspecified atom stereocenters. The number of carbonyl (C=O) groups is 1. The predicted octanol–water partition coefficient (Wildman–Crippen LogP) is 2.44. The van der Waals surface area contributed by atoms with Crippen molar-refractivity contribution < 1.29 is 9.53 Å². The van der Waals surface area contributed by atoms with Crippen LogP contribution >= 0.6 is 0 Å². The van der Waals surface area contributed by atoms with Gasteiger partial charge in [-0.3, -0.25) is 4.79 Å². The molecule has 1 aromatic rings. The first-order valence-corrected chi connectivity index (χ1v) is 7.93. The van der Waals surface area contributed by atoms with Gasteiger partial charge in [-0.1, -0.05) is 25.1 Å². The molecular formula is C17H26N2O2. The van der Waals surface area contributed by atoms with E-state index < -0.39 is 6.10 Å². The minimum Gasteiger partial charge on any atom is -0.481 e. The number of likely N-dealkylation sites (tertiary alicyclic amines) is 1. The highest BCUT2D eigenvalue weighted by atomic mass is 16.5. The zero-order chi connectivity index (χ0) is 15.1. The quantitative estimate of drug-likeness (QED) is 0.875. The van der Waals surface area contributed by atoms with Crippen molar-refractivity contribution in [2.75, 3.05) is 19.6 Å². The van der Waals surface area contributed by atoms with Crippen molar-refractivity contribution in [3.8, 4) is 5.75 Å². The summed E-state index contributed by atoms with van der Waals surface area (Å²) in [5.74, 6) is 0.714. The highest BCUT2D eigenvalue weighted by Gasteiger charge is 2.23. The monoisotopic (exact) mass is 290 g/mol. The Hall–Kier alpha value is -1.55. The molecule has 21 heavy (non-hydrogen) atoms. The molecule has 1 amide bonds. The van der Waals surface area contributed by atoms with Crippen LogP contribution in [0.2, 0.25) is 0 Å². The number of carbonyl (C=O) groups excluding carboxylic acids is 1. The van der Waals surface area contributed by atoms with Crippen molar-refractivity contribution in [3.05, 3.63) is 30.3 Å². The highest BCUT2D eigenvalue weighted by molar-refractivity contribution is 5.81. The Morgan fingerprint density at radius 2 is 2.00 bits per heavy atom. The van der Waals surface area contributed by atoms with Crippen LogP contribution in [0.5, 0.6) is 5.75 Å². The number of benzene rings is 1. The summed E-state index contributed by atoms with van der Waals surface area (Å²) in [6, 6.07) is 9.77. The van der Waals surface area contributed by atoms with E-state index in [2.05, 4.69) is 17.1 Å². The van der Waals surface area contributed by atoms with E-state index in [9.17, 15) is 4.79 Å². The van der Waals surface area contributed by atoms with Gasteiger partial charge in [0.05, 0.1) is 0 Å². The molecule has 0 aromatic heterocycles. The van der Waals surface area contributed by atoms with Crippen LogP contribution in [-0.2, 0) is 4.79 Å². The maximum atomic E-state index is 12.2. The third kappa shape index (κ3) is 5.05. The Bertz CT molecular complexity index is 428. The molecule has 1 fully saturated rings. The van der Waals surface area contributed by atoms with E-state index in [0.29, 0.717) is 0 Å². The Kier molecular flexibility index (Phi) is 6.05. The molecule has 0 bridgehead atoms. The molecule has 1 N–H and O–H groups in total. The summed E-state index contributed by atoms with van der Waals surface area (Å²) in [7, 11) is 0. The first-order valence-electron chi connectivity index (χ1n) is 7.93. The molecule has 2 rings (SSSR count). The first-order chi connectivity index (χ1) is 10.2. The smallest absolute Gasteiger partial charge is 0.260 e. The largest absolute Gasteiger partial charge is 0.481 e. The van der Waals surface area contributed by atoms with Crippen LogP contribution in [0.25, 0.3) is 0 Å². The maximum Gasteiger partial charge on any atom is 0.260 e. The zero-order valence-corrected chi connectivity index (χ0v) is 13.0. The average molecular weight is 290 g/mol. The molecule has 1 heterocycles. The standard InChI is InChI=1S/C17H26N2O2/c1-3-11-19-12-9-15(10-13-19)18-17(20)14(2)21-16-7-5-4-6-8-16/h4-8,14-15H,3,9-13H2,1-2H3,(H,18,20). The molecule has 4 heteroatoms. The van der Waals surface area contributed by atoms with Gasteiger partial charge in [-0.2, -0.15) is 0 Å². The van der Waals surface area contributed by atoms with Gasteiger partial charge in [-0.15, -0.1) is 0 Å². The van der Waals surface area contributed by atoms with Crippen molar-refractivity contribution >= 4 is 5.91 Å². The minimum atomic E-state index is -0.457. The molecule has 0 radical (unpaired) electrons. The van der Waals surface area contributed by atoms with Crippen LogP contribution in [0.15, 0.2) is 30.3 Å². The number of amides is 1. The first kappa shape index (κ1) is 15.8. The number of nitrogens with one attached hydrogen (secondary N) is 1. The summed E-state index contributed by atoms with van der Waals surface area (Å²) in [6.45, 7) is 7.32. The normalized spacial score (nSPS) is 18.2. The van der Waals surface area contributed by atoms with Crippen molar-refractivity contribution in [2.45, 2.75) is 45.3 Å². The third-order valence-electron chi connectivity index (χ3n) is 3.90. The van der Waals surface area contributed by atoms with E-state index in [1.807, 2.05) is 30.3 Å². The van der Waals surface area contributed by atoms with Crippen molar-refractivity contribution in [1.29, 1.82) is 0 Å². The van der Waals surface area contributed by atoms with Crippen LogP contribution in [0, 0.1) is 0 Å². The lowest BCUT2D eigenvalue weighted by Crippen LogP contribution is -2.48. The van der Waals surface area contributed by atoms with Crippen LogP contribution in [-0.4, -0.2) is 42.6 Å². The second-order valence-corrected chi connectivity index (χ2v) is 5.70. The number of hydrogen-bond donors (Lipinski definition) is 1. The molecule has 1 atom stereocenters. The minimum absolute atomic E-state index is 0.0206. The predicted molar refractivity (Wildman–Crippen MR) is 84.4 cm³/mol. The van der Waals surface area contributed by atoms with E-state index in [-0.39, 0.29) is 11.9 Å². The molecule has 1 aliphatic heterocycles. The van der Waals surface area contributed by atoms with Crippen molar-refractivity contribution in [2.24, 2.45) is 0 Å². The number of para-hydroxylation sites is 1. The van der Waals surface area contributed by atoms with E-state index in [1.54, 1.807) is 6.92 Å². The van der Waals surface area contributed by atoms with E-state index >= 15 is 0 Å². The number of ether oxygens (including phenoxy) is 1. The molecule has 0 aliphatic carbocycles. The Labute approximate surface area is 127 Å². The fraction of sp³-hybridized carbons (Fsp3) is 0.588. The molecule has 4 nitrogen and oxygen atoms in total. The average Bonchev–Trinajstić information content (AvgIpc) is 2.50. The summed E-state index contributed by atoms with van der Waals surface area (Å²) in [6.07, 6.45) is 2.80. The van der Waals surface area contributed by atoms with Gasteiger partial charge in [0, 0.05) is 19.1 Å². The fourth-order valence-corrected chi connectivity index (χ4v) is 2.69.